The van der Waals surface area contributed by atoms with Crippen LogP contribution in [0.5, 0.6) is 0 Å². The van der Waals surface area contributed by atoms with Crippen molar-refractivity contribution in [3.8, 4) is 11.1 Å². The fourth-order valence-electron chi connectivity index (χ4n) is 2.58. The summed E-state index contributed by atoms with van der Waals surface area (Å²) in [6, 6.07) is 6.03. The molecule has 0 bridgehead atoms. The lowest BCUT2D eigenvalue weighted by molar-refractivity contribution is 0.0519. The molecule has 2 N–H and O–H groups in total. The Morgan fingerprint density at radius 1 is 1.28 bits per heavy atom. The lowest BCUT2D eigenvalue weighted by atomic mass is 9.99. The van der Waals surface area contributed by atoms with Gasteiger partial charge in [-0.25, -0.2) is 9.18 Å². The van der Waals surface area contributed by atoms with Crippen LogP contribution in [0.3, 0.4) is 0 Å². The fourth-order valence-corrected chi connectivity index (χ4v) is 2.58. The van der Waals surface area contributed by atoms with E-state index in [1.165, 1.54) is 16.6 Å². The summed E-state index contributed by atoms with van der Waals surface area (Å²) >= 11 is 0. The SMILES string of the molecule is CCOC(=O)c1nnc2c(-c3ccc(F)cc3)c(C(C)C)nn2c1N. The minimum absolute atomic E-state index is 0.0544. The second-order valence-corrected chi connectivity index (χ2v) is 5.81. The van der Waals surface area contributed by atoms with Gasteiger partial charge in [0, 0.05) is 0 Å². The van der Waals surface area contributed by atoms with Crippen molar-refractivity contribution in [2.75, 3.05) is 12.3 Å². The van der Waals surface area contributed by atoms with E-state index in [0.717, 1.165) is 11.3 Å². The van der Waals surface area contributed by atoms with Gasteiger partial charge in [0.1, 0.15) is 5.82 Å². The van der Waals surface area contributed by atoms with Gasteiger partial charge in [0.15, 0.2) is 11.5 Å². The molecule has 7 nitrogen and oxygen atoms in total. The van der Waals surface area contributed by atoms with Gasteiger partial charge in [-0.2, -0.15) is 9.61 Å². The number of aromatic nitrogens is 4. The highest BCUT2D eigenvalue weighted by atomic mass is 19.1. The summed E-state index contributed by atoms with van der Waals surface area (Å²) in [6.45, 7) is 5.85. The van der Waals surface area contributed by atoms with Gasteiger partial charge in [-0.05, 0) is 30.5 Å². The molecule has 0 radical (unpaired) electrons. The standard InChI is InChI=1S/C17H18FN5O2/c1-4-25-17(24)14-15(19)23-16(21-20-14)12(13(22-23)9(2)3)10-5-7-11(18)8-6-10/h5-9H,4,19H2,1-3H3. The Morgan fingerprint density at radius 3 is 2.56 bits per heavy atom. The van der Waals surface area contributed by atoms with E-state index in [2.05, 4.69) is 15.3 Å². The number of nitrogen functional groups attached to an aromatic ring is 1. The van der Waals surface area contributed by atoms with E-state index < -0.39 is 5.97 Å². The number of carbonyl (C=O) groups excluding carboxylic acids is 1. The van der Waals surface area contributed by atoms with E-state index in [4.69, 9.17) is 10.5 Å². The summed E-state index contributed by atoms with van der Waals surface area (Å²) < 4.78 is 19.6. The summed E-state index contributed by atoms with van der Waals surface area (Å²) in [4.78, 5) is 12.0. The fraction of sp³-hybridized carbons (Fsp3) is 0.294. The van der Waals surface area contributed by atoms with E-state index in [-0.39, 0.29) is 29.9 Å². The number of anilines is 1. The Kier molecular flexibility index (Phi) is 4.35. The number of esters is 1. The van der Waals surface area contributed by atoms with Crippen molar-refractivity contribution < 1.29 is 13.9 Å². The molecular weight excluding hydrogens is 325 g/mol. The predicted molar refractivity (Wildman–Crippen MR) is 90.6 cm³/mol. The zero-order valence-electron chi connectivity index (χ0n) is 14.2. The molecule has 0 saturated heterocycles. The minimum Gasteiger partial charge on any atom is -0.461 e. The van der Waals surface area contributed by atoms with Gasteiger partial charge in [0.05, 0.1) is 17.9 Å². The number of nitrogens with two attached hydrogens (primary N) is 1. The molecule has 130 valence electrons. The molecule has 0 amide bonds. The molecule has 0 spiro atoms. The zero-order chi connectivity index (χ0) is 18.1. The molecule has 0 aliphatic carbocycles. The molecule has 2 aromatic heterocycles. The first-order valence-corrected chi connectivity index (χ1v) is 7.91. The number of rotatable bonds is 4. The van der Waals surface area contributed by atoms with E-state index in [1.54, 1.807) is 19.1 Å². The van der Waals surface area contributed by atoms with Gasteiger partial charge >= 0.3 is 5.97 Å². The molecule has 1 aromatic carbocycles. The first-order chi connectivity index (χ1) is 11.9. The Morgan fingerprint density at radius 2 is 1.96 bits per heavy atom. The maximum atomic E-state index is 13.3. The Labute approximate surface area is 143 Å². The molecule has 3 rings (SSSR count). The van der Waals surface area contributed by atoms with Crippen LogP contribution in [0.2, 0.25) is 0 Å². The maximum absolute atomic E-state index is 13.3. The summed E-state index contributed by atoms with van der Waals surface area (Å²) in [5, 5.41) is 12.5. The monoisotopic (exact) mass is 343 g/mol. The smallest absolute Gasteiger partial charge is 0.362 e. The van der Waals surface area contributed by atoms with Crippen LogP contribution in [0.25, 0.3) is 16.8 Å². The van der Waals surface area contributed by atoms with Crippen LogP contribution in [-0.2, 0) is 4.74 Å². The van der Waals surface area contributed by atoms with Gasteiger partial charge in [0.25, 0.3) is 0 Å². The summed E-state index contributed by atoms with van der Waals surface area (Å²) in [7, 11) is 0. The van der Waals surface area contributed by atoms with Crippen LogP contribution in [0.15, 0.2) is 24.3 Å². The molecular formula is C17H18FN5O2. The van der Waals surface area contributed by atoms with Crippen LogP contribution in [-0.4, -0.2) is 32.4 Å². The molecule has 8 heteroatoms. The summed E-state index contributed by atoms with van der Waals surface area (Å²) in [6.07, 6.45) is 0. The molecule has 2 heterocycles. The number of nitrogens with zero attached hydrogens (tertiary/aromatic N) is 4. The third-order valence-electron chi connectivity index (χ3n) is 3.75. The first-order valence-electron chi connectivity index (χ1n) is 7.91. The van der Waals surface area contributed by atoms with E-state index in [1.807, 2.05) is 13.8 Å². The number of halogens is 1. The molecule has 0 aliphatic rings. The molecule has 0 aliphatic heterocycles. The topological polar surface area (TPSA) is 95.4 Å². The molecule has 0 fully saturated rings. The third kappa shape index (κ3) is 2.90. The minimum atomic E-state index is -0.653. The van der Waals surface area contributed by atoms with E-state index in [9.17, 15) is 9.18 Å². The quantitative estimate of drug-likeness (QED) is 0.732. The molecule has 0 atom stereocenters. The van der Waals surface area contributed by atoms with Gasteiger partial charge < -0.3 is 10.5 Å². The molecule has 0 unspecified atom stereocenters. The number of ether oxygens (including phenoxy) is 1. The van der Waals surface area contributed by atoms with Gasteiger partial charge in [-0.1, -0.05) is 26.0 Å². The Balaban J connectivity index is 2.26. The van der Waals surface area contributed by atoms with Crippen LogP contribution in [0, 0.1) is 5.82 Å². The predicted octanol–water partition coefficient (Wildman–Crippen LogP) is 2.81. The van der Waals surface area contributed by atoms with Crippen molar-refractivity contribution in [1.29, 1.82) is 0 Å². The van der Waals surface area contributed by atoms with Crippen molar-refractivity contribution in [3.63, 3.8) is 0 Å². The highest BCUT2D eigenvalue weighted by molar-refractivity contribution is 5.93. The van der Waals surface area contributed by atoms with Gasteiger partial charge in [-0.15, -0.1) is 10.2 Å². The summed E-state index contributed by atoms with van der Waals surface area (Å²) in [5.74, 6) is -0.869. The highest BCUT2D eigenvalue weighted by Gasteiger charge is 2.24. The average molecular weight is 343 g/mol. The second kappa shape index (κ2) is 6.46. The lowest BCUT2D eigenvalue weighted by Crippen LogP contribution is -2.15. The number of fused-ring (bicyclic) bond motifs is 1. The number of hydrogen-bond donors (Lipinski definition) is 1. The van der Waals surface area contributed by atoms with Crippen molar-refractivity contribution in [1.82, 2.24) is 19.8 Å². The van der Waals surface area contributed by atoms with Crippen LogP contribution >= 0.6 is 0 Å². The van der Waals surface area contributed by atoms with Crippen LogP contribution < -0.4 is 5.73 Å². The Hall–Kier alpha value is -3.03. The highest BCUT2D eigenvalue weighted by Crippen LogP contribution is 2.33. The Bertz CT molecular complexity index is 934. The van der Waals surface area contributed by atoms with E-state index >= 15 is 0 Å². The lowest BCUT2D eigenvalue weighted by Gasteiger charge is -2.06. The maximum Gasteiger partial charge on any atom is 0.362 e. The van der Waals surface area contributed by atoms with Crippen LogP contribution in [0.1, 0.15) is 42.9 Å². The largest absolute Gasteiger partial charge is 0.461 e. The summed E-state index contributed by atoms with van der Waals surface area (Å²) in [5.41, 5.74) is 8.58. The number of benzene rings is 1. The number of hydrogen-bond acceptors (Lipinski definition) is 6. The van der Waals surface area contributed by atoms with Crippen molar-refractivity contribution in [2.24, 2.45) is 0 Å². The van der Waals surface area contributed by atoms with Crippen LogP contribution in [0.4, 0.5) is 10.2 Å². The zero-order valence-corrected chi connectivity index (χ0v) is 14.2. The average Bonchev–Trinajstić information content (AvgIpc) is 2.97. The number of carbonyl (C=O) groups is 1. The molecule has 0 saturated carbocycles. The van der Waals surface area contributed by atoms with Crippen molar-refractivity contribution >= 4 is 17.4 Å². The van der Waals surface area contributed by atoms with Gasteiger partial charge in [-0.3, -0.25) is 0 Å². The van der Waals surface area contributed by atoms with E-state index in [0.29, 0.717) is 11.2 Å². The van der Waals surface area contributed by atoms with Gasteiger partial charge in [0.2, 0.25) is 5.69 Å². The van der Waals surface area contributed by atoms with Crippen molar-refractivity contribution in [3.05, 3.63) is 41.5 Å². The first kappa shape index (κ1) is 16.8. The molecule has 25 heavy (non-hydrogen) atoms. The second-order valence-electron chi connectivity index (χ2n) is 5.81. The third-order valence-corrected chi connectivity index (χ3v) is 3.75. The molecule has 3 aromatic rings. The normalized spacial score (nSPS) is 11.2. The van der Waals surface area contributed by atoms with Crippen molar-refractivity contribution in [2.45, 2.75) is 26.7 Å².